The normalized spacial score (nSPS) is 11.2. The van der Waals surface area contributed by atoms with Gasteiger partial charge < -0.3 is 15.0 Å². The van der Waals surface area contributed by atoms with Gasteiger partial charge in [0, 0.05) is 17.1 Å². The van der Waals surface area contributed by atoms with Crippen molar-refractivity contribution in [3.05, 3.63) is 28.8 Å². The average molecular weight is 369 g/mol. The molecule has 1 aromatic rings. The summed E-state index contributed by atoms with van der Waals surface area (Å²) in [4.78, 5) is 2.61. The lowest BCUT2D eigenvalue weighted by Crippen LogP contribution is -2.29. The second kappa shape index (κ2) is 14.4. The fraction of sp³-hybridized carbons (Fsp3) is 0.714. The molecule has 0 aromatic heterocycles. The summed E-state index contributed by atoms with van der Waals surface area (Å²) in [5.41, 5.74) is 1.15. The molecule has 0 unspecified atom stereocenters. The van der Waals surface area contributed by atoms with Crippen molar-refractivity contribution in [3.8, 4) is 5.75 Å². The highest BCUT2D eigenvalue weighted by Gasteiger charge is 2.06. The fourth-order valence-corrected chi connectivity index (χ4v) is 2.98. The monoisotopic (exact) mass is 368 g/mol. The molecule has 0 amide bonds. The van der Waals surface area contributed by atoms with Crippen molar-refractivity contribution in [3.63, 3.8) is 0 Å². The van der Waals surface area contributed by atoms with E-state index in [-0.39, 0.29) is 0 Å². The van der Waals surface area contributed by atoms with Gasteiger partial charge in [0.2, 0.25) is 0 Å². The summed E-state index contributed by atoms with van der Waals surface area (Å²) in [6.45, 7) is 12.9. The Kier molecular flexibility index (Phi) is 12.8. The van der Waals surface area contributed by atoms with Crippen LogP contribution in [0.25, 0.3) is 0 Å². The molecule has 0 atom stereocenters. The highest BCUT2D eigenvalue weighted by atomic mass is 35.5. The molecular formula is C21H37ClN2O. The number of ether oxygens (including phenoxy) is 1. The standard InChI is InChI=1S/C21H37ClN2O/c1-4-7-13-24(14-8-5-2)15-9-12-23-18-19-17-20(22)10-11-21(19)25-16-6-3/h10-11,17,23H,4-9,12-16,18H2,1-3H3. The third kappa shape index (κ3) is 10.1. The van der Waals surface area contributed by atoms with E-state index in [2.05, 4.69) is 31.0 Å². The van der Waals surface area contributed by atoms with Crippen molar-refractivity contribution in [1.82, 2.24) is 10.2 Å². The Labute approximate surface area is 160 Å². The van der Waals surface area contributed by atoms with Gasteiger partial charge >= 0.3 is 0 Å². The van der Waals surface area contributed by atoms with Gasteiger partial charge in [0.15, 0.2) is 0 Å². The topological polar surface area (TPSA) is 24.5 Å². The molecule has 0 aliphatic heterocycles. The molecule has 144 valence electrons. The van der Waals surface area contributed by atoms with Crippen molar-refractivity contribution >= 4 is 11.6 Å². The summed E-state index contributed by atoms with van der Waals surface area (Å²) in [5.74, 6) is 0.950. The third-order valence-electron chi connectivity index (χ3n) is 4.28. The maximum atomic E-state index is 6.14. The highest BCUT2D eigenvalue weighted by molar-refractivity contribution is 6.30. The highest BCUT2D eigenvalue weighted by Crippen LogP contribution is 2.23. The van der Waals surface area contributed by atoms with Gasteiger partial charge in [-0.2, -0.15) is 0 Å². The number of nitrogens with one attached hydrogen (secondary N) is 1. The van der Waals surface area contributed by atoms with E-state index < -0.39 is 0 Å². The van der Waals surface area contributed by atoms with Crippen molar-refractivity contribution in [2.45, 2.75) is 65.8 Å². The predicted octanol–water partition coefficient (Wildman–Crippen LogP) is 5.51. The molecular weight excluding hydrogens is 332 g/mol. The number of hydrogen-bond acceptors (Lipinski definition) is 3. The first-order chi connectivity index (χ1) is 12.2. The van der Waals surface area contributed by atoms with Gasteiger partial charge in [0.05, 0.1) is 6.61 Å². The summed E-state index contributed by atoms with van der Waals surface area (Å²) in [6, 6.07) is 5.88. The molecule has 1 rings (SSSR count). The van der Waals surface area contributed by atoms with Crippen LogP contribution >= 0.6 is 11.6 Å². The van der Waals surface area contributed by atoms with E-state index in [1.165, 1.54) is 51.7 Å². The minimum absolute atomic E-state index is 0.748. The molecule has 0 saturated heterocycles. The third-order valence-corrected chi connectivity index (χ3v) is 4.52. The van der Waals surface area contributed by atoms with Crippen LogP contribution in [-0.4, -0.2) is 37.7 Å². The van der Waals surface area contributed by atoms with E-state index in [4.69, 9.17) is 16.3 Å². The SMILES string of the molecule is CCCCN(CCCC)CCCNCc1cc(Cl)ccc1OCCC. The first kappa shape index (κ1) is 22.3. The molecule has 25 heavy (non-hydrogen) atoms. The van der Waals surface area contributed by atoms with Crippen LogP contribution in [0.3, 0.4) is 0 Å². The Balaban J connectivity index is 2.34. The zero-order chi connectivity index (χ0) is 18.3. The Morgan fingerprint density at radius 3 is 2.28 bits per heavy atom. The van der Waals surface area contributed by atoms with Crippen LogP contribution in [0.4, 0.5) is 0 Å². The van der Waals surface area contributed by atoms with Crippen LogP contribution in [0.2, 0.25) is 5.02 Å². The average Bonchev–Trinajstić information content (AvgIpc) is 2.62. The van der Waals surface area contributed by atoms with E-state index in [1.54, 1.807) is 0 Å². The molecule has 0 spiro atoms. The van der Waals surface area contributed by atoms with Gasteiger partial charge in [-0.15, -0.1) is 0 Å². The van der Waals surface area contributed by atoms with Crippen LogP contribution < -0.4 is 10.1 Å². The van der Waals surface area contributed by atoms with Crippen molar-refractivity contribution in [1.29, 1.82) is 0 Å². The Bertz CT molecular complexity index is 446. The lowest BCUT2D eigenvalue weighted by molar-refractivity contribution is 0.261. The Hall–Kier alpha value is -0.770. The molecule has 0 saturated carbocycles. The van der Waals surface area contributed by atoms with Gasteiger partial charge in [-0.3, -0.25) is 0 Å². The minimum atomic E-state index is 0.748. The zero-order valence-electron chi connectivity index (χ0n) is 16.5. The number of unbranched alkanes of at least 4 members (excludes halogenated alkanes) is 2. The first-order valence-electron chi connectivity index (χ1n) is 10.1. The summed E-state index contributed by atoms with van der Waals surface area (Å²) >= 11 is 6.14. The predicted molar refractivity (Wildman–Crippen MR) is 110 cm³/mol. The van der Waals surface area contributed by atoms with Crippen molar-refractivity contribution < 1.29 is 4.74 Å². The molecule has 0 radical (unpaired) electrons. The van der Waals surface area contributed by atoms with Gasteiger partial charge in [0.1, 0.15) is 5.75 Å². The molecule has 0 heterocycles. The summed E-state index contributed by atoms with van der Waals surface area (Å²) in [6.07, 6.45) is 7.35. The molecule has 1 N–H and O–H groups in total. The quantitative estimate of drug-likeness (QED) is 0.413. The number of benzene rings is 1. The summed E-state index contributed by atoms with van der Waals surface area (Å²) in [7, 11) is 0. The molecule has 4 heteroatoms. The minimum Gasteiger partial charge on any atom is -0.493 e. The van der Waals surface area contributed by atoms with E-state index in [0.29, 0.717) is 0 Å². The largest absolute Gasteiger partial charge is 0.493 e. The van der Waals surface area contributed by atoms with Gasteiger partial charge in [-0.05, 0) is 70.1 Å². The van der Waals surface area contributed by atoms with Crippen LogP contribution in [0.5, 0.6) is 5.75 Å². The molecule has 0 bridgehead atoms. The molecule has 0 aliphatic carbocycles. The summed E-state index contributed by atoms with van der Waals surface area (Å²) in [5, 5.41) is 4.32. The molecule has 1 aromatic carbocycles. The summed E-state index contributed by atoms with van der Waals surface area (Å²) < 4.78 is 5.82. The number of nitrogens with zero attached hydrogens (tertiary/aromatic N) is 1. The van der Waals surface area contributed by atoms with Crippen molar-refractivity contribution in [2.75, 3.05) is 32.8 Å². The smallest absolute Gasteiger partial charge is 0.123 e. The number of rotatable bonds is 15. The van der Waals surface area contributed by atoms with Gasteiger partial charge in [0.25, 0.3) is 0 Å². The second-order valence-corrected chi connectivity index (χ2v) is 7.12. The van der Waals surface area contributed by atoms with Gasteiger partial charge in [-0.25, -0.2) is 0 Å². The van der Waals surface area contributed by atoms with Crippen molar-refractivity contribution in [2.24, 2.45) is 0 Å². The number of halogens is 1. The zero-order valence-corrected chi connectivity index (χ0v) is 17.2. The number of hydrogen-bond donors (Lipinski definition) is 1. The Morgan fingerprint density at radius 2 is 1.64 bits per heavy atom. The first-order valence-corrected chi connectivity index (χ1v) is 10.4. The maximum absolute atomic E-state index is 6.14. The van der Waals surface area contributed by atoms with Crippen LogP contribution in [-0.2, 0) is 6.54 Å². The maximum Gasteiger partial charge on any atom is 0.123 e. The fourth-order valence-electron chi connectivity index (χ4n) is 2.79. The Morgan fingerprint density at radius 1 is 0.960 bits per heavy atom. The van der Waals surface area contributed by atoms with E-state index in [0.717, 1.165) is 42.5 Å². The van der Waals surface area contributed by atoms with E-state index in [1.807, 2.05) is 18.2 Å². The van der Waals surface area contributed by atoms with Crippen LogP contribution in [0.15, 0.2) is 18.2 Å². The molecule has 0 aliphatic rings. The van der Waals surface area contributed by atoms with Crippen LogP contribution in [0.1, 0.15) is 64.9 Å². The second-order valence-electron chi connectivity index (χ2n) is 6.68. The lowest BCUT2D eigenvalue weighted by atomic mass is 10.2. The van der Waals surface area contributed by atoms with E-state index >= 15 is 0 Å². The molecule has 0 fully saturated rings. The van der Waals surface area contributed by atoms with Crippen LogP contribution in [0, 0.1) is 0 Å². The molecule has 3 nitrogen and oxygen atoms in total. The lowest BCUT2D eigenvalue weighted by Gasteiger charge is -2.22. The van der Waals surface area contributed by atoms with E-state index in [9.17, 15) is 0 Å². The van der Waals surface area contributed by atoms with Gasteiger partial charge in [-0.1, -0.05) is 45.2 Å².